The Bertz CT molecular complexity index is 720. The topological polar surface area (TPSA) is 40.9 Å². The fourth-order valence-electron chi connectivity index (χ4n) is 2.63. The molecule has 5 heteroatoms. The lowest BCUT2D eigenvalue weighted by Gasteiger charge is -2.10. The third kappa shape index (κ3) is 2.48. The van der Waals surface area contributed by atoms with Gasteiger partial charge in [-0.15, -0.1) is 11.3 Å². The summed E-state index contributed by atoms with van der Waals surface area (Å²) in [5.41, 5.74) is 1.15. The zero-order chi connectivity index (χ0) is 15.0. The molecule has 0 fully saturated rings. The van der Waals surface area contributed by atoms with E-state index < -0.39 is 11.7 Å². The first-order valence-corrected chi connectivity index (χ1v) is 7.80. The summed E-state index contributed by atoms with van der Waals surface area (Å²) >= 11 is 7.38. The number of Topliss-reactive ketones (excluding diaryl/α,β-unsaturated/α-hetero) is 1. The van der Waals surface area contributed by atoms with Crippen LogP contribution in [0.2, 0.25) is 5.02 Å². The Morgan fingerprint density at radius 1 is 1.43 bits per heavy atom. The first-order valence-electron chi connectivity index (χ1n) is 6.61. The number of nitrogens with zero attached hydrogens (tertiary/aromatic N) is 1. The second-order valence-corrected chi connectivity index (χ2v) is 6.52. The number of hydrogen-bond acceptors (Lipinski definition) is 3. The zero-order valence-corrected chi connectivity index (χ0v) is 12.6. The monoisotopic (exact) mass is 319 g/mol. The number of hydrogen-bond donors (Lipinski definition) is 0. The maximum atomic E-state index is 13.9. The summed E-state index contributed by atoms with van der Waals surface area (Å²) in [6.07, 6.45) is 3.05. The van der Waals surface area contributed by atoms with Crippen molar-refractivity contribution in [2.45, 2.75) is 25.2 Å². The minimum Gasteiger partial charge on any atom is -0.291 e. The smallest absolute Gasteiger partial charge is 0.194 e. The summed E-state index contributed by atoms with van der Waals surface area (Å²) in [4.78, 5) is 14.3. The normalized spacial score (nSPS) is 14.5. The molecule has 3 rings (SSSR count). The zero-order valence-electron chi connectivity index (χ0n) is 11.0. The van der Waals surface area contributed by atoms with E-state index in [2.05, 4.69) is 0 Å². The highest BCUT2D eigenvalue weighted by molar-refractivity contribution is 7.14. The van der Waals surface area contributed by atoms with Crippen molar-refractivity contribution in [2.24, 2.45) is 0 Å². The van der Waals surface area contributed by atoms with E-state index in [0.29, 0.717) is 4.88 Å². The number of carbonyl (C=O) groups excluding carboxylic acids is 1. The number of rotatable bonds is 3. The van der Waals surface area contributed by atoms with Crippen LogP contribution in [0.25, 0.3) is 0 Å². The van der Waals surface area contributed by atoms with E-state index in [1.165, 1.54) is 40.0 Å². The van der Waals surface area contributed by atoms with Crippen LogP contribution in [-0.2, 0) is 12.8 Å². The van der Waals surface area contributed by atoms with Gasteiger partial charge in [0.25, 0.3) is 0 Å². The van der Waals surface area contributed by atoms with Gasteiger partial charge < -0.3 is 0 Å². The van der Waals surface area contributed by atoms with E-state index in [1.54, 1.807) is 0 Å². The van der Waals surface area contributed by atoms with Crippen LogP contribution in [0.1, 0.15) is 38.0 Å². The Morgan fingerprint density at radius 3 is 2.90 bits per heavy atom. The molecule has 1 aromatic carbocycles. The Balaban J connectivity index is 2.00. The molecule has 1 aliphatic carbocycles. The molecule has 0 amide bonds. The SMILES string of the molecule is N#CC(C(=O)c1cc2c(s1)CCC2)c1c(F)cccc1Cl. The van der Waals surface area contributed by atoms with E-state index in [9.17, 15) is 14.4 Å². The summed E-state index contributed by atoms with van der Waals surface area (Å²) in [6, 6.07) is 7.90. The molecule has 0 bridgehead atoms. The predicted octanol–water partition coefficient (Wildman–Crippen LogP) is 4.52. The highest BCUT2D eigenvalue weighted by Gasteiger charge is 2.29. The Hall–Kier alpha value is -1.70. The summed E-state index contributed by atoms with van der Waals surface area (Å²) < 4.78 is 13.9. The molecule has 0 N–H and O–H groups in total. The summed E-state index contributed by atoms with van der Waals surface area (Å²) in [7, 11) is 0. The molecule has 0 radical (unpaired) electrons. The minimum absolute atomic E-state index is 0.0276. The maximum absolute atomic E-state index is 13.9. The Kier molecular flexibility index (Phi) is 3.79. The third-order valence-corrected chi connectivity index (χ3v) is 5.25. The fraction of sp³-hybridized carbons (Fsp3) is 0.250. The fourth-order valence-corrected chi connectivity index (χ4v) is 4.13. The van der Waals surface area contributed by atoms with Crippen molar-refractivity contribution in [3.63, 3.8) is 0 Å². The summed E-state index contributed by atoms with van der Waals surface area (Å²) in [5, 5.41) is 9.43. The third-order valence-electron chi connectivity index (χ3n) is 3.67. The average molecular weight is 320 g/mol. The average Bonchev–Trinajstić information content (AvgIpc) is 3.03. The second kappa shape index (κ2) is 5.59. The number of nitriles is 1. The largest absolute Gasteiger partial charge is 0.291 e. The van der Waals surface area contributed by atoms with Gasteiger partial charge in [-0.3, -0.25) is 4.79 Å². The first kappa shape index (κ1) is 14.2. The van der Waals surface area contributed by atoms with Crippen LogP contribution >= 0.6 is 22.9 Å². The first-order chi connectivity index (χ1) is 10.1. The van der Waals surface area contributed by atoms with Gasteiger partial charge in [0.15, 0.2) is 5.78 Å². The number of aryl methyl sites for hydroxylation is 2. The lowest BCUT2D eigenvalue weighted by Crippen LogP contribution is -2.12. The van der Waals surface area contributed by atoms with Gasteiger partial charge >= 0.3 is 0 Å². The van der Waals surface area contributed by atoms with Crippen LogP contribution < -0.4 is 0 Å². The summed E-state index contributed by atoms with van der Waals surface area (Å²) in [5.74, 6) is -2.19. The van der Waals surface area contributed by atoms with Gasteiger partial charge in [-0.25, -0.2) is 4.39 Å². The molecule has 1 unspecified atom stereocenters. The van der Waals surface area contributed by atoms with Gasteiger partial charge in [0.2, 0.25) is 0 Å². The molecular weight excluding hydrogens is 309 g/mol. The Labute approximate surface area is 130 Å². The molecule has 106 valence electrons. The lowest BCUT2D eigenvalue weighted by atomic mass is 9.94. The van der Waals surface area contributed by atoms with Crippen LogP contribution in [0.15, 0.2) is 24.3 Å². The molecule has 0 spiro atoms. The standard InChI is InChI=1S/C16H11ClFNOS/c17-11-4-2-5-12(18)15(11)10(8-19)16(20)14-7-9-3-1-6-13(9)21-14/h2,4-5,7,10H,1,3,6H2. The van der Waals surface area contributed by atoms with Crippen LogP contribution in [-0.4, -0.2) is 5.78 Å². The molecule has 2 nitrogen and oxygen atoms in total. The van der Waals surface area contributed by atoms with Crippen molar-refractivity contribution < 1.29 is 9.18 Å². The van der Waals surface area contributed by atoms with Gasteiger partial charge in [0, 0.05) is 15.5 Å². The molecule has 1 aliphatic rings. The number of thiophene rings is 1. The predicted molar refractivity (Wildman–Crippen MR) is 80.4 cm³/mol. The van der Waals surface area contributed by atoms with Crippen LogP contribution in [0.4, 0.5) is 4.39 Å². The van der Waals surface area contributed by atoms with E-state index in [0.717, 1.165) is 19.3 Å². The maximum Gasteiger partial charge on any atom is 0.194 e. The van der Waals surface area contributed by atoms with Crippen molar-refractivity contribution in [2.75, 3.05) is 0 Å². The highest BCUT2D eigenvalue weighted by Crippen LogP contribution is 2.35. The van der Waals surface area contributed by atoms with Crippen molar-refractivity contribution in [3.8, 4) is 6.07 Å². The summed E-state index contributed by atoms with van der Waals surface area (Å²) in [6.45, 7) is 0. The van der Waals surface area contributed by atoms with Crippen molar-refractivity contribution >= 4 is 28.7 Å². The van der Waals surface area contributed by atoms with E-state index in [-0.39, 0.29) is 16.4 Å². The molecule has 0 saturated heterocycles. The number of fused-ring (bicyclic) bond motifs is 1. The lowest BCUT2D eigenvalue weighted by molar-refractivity contribution is 0.0981. The van der Waals surface area contributed by atoms with E-state index >= 15 is 0 Å². The molecule has 21 heavy (non-hydrogen) atoms. The molecule has 1 aromatic heterocycles. The minimum atomic E-state index is -1.20. The number of benzene rings is 1. The van der Waals surface area contributed by atoms with Crippen LogP contribution in [0, 0.1) is 17.1 Å². The van der Waals surface area contributed by atoms with Crippen molar-refractivity contribution in [3.05, 3.63) is 56.0 Å². The number of ketones is 1. The van der Waals surface area contributed by atoms with Gasteiger partial charge in [-0.2, -0.15) is 5.26 Å². The van der Waals surface area contributed by atoms with Crippen LogP contribution in [0.5, 0.6) is 0 Å². The van der Waals surface area contributed by atoms with Gasteiger partial charge in [0.05, 0.1) is 10.9 Å². The highest BCUT2D eigenvalue weighted by atomic mass is 35.5. The second-order valence-electron chi connectivity index (χ2n) is 4.97. The molecule has 2 aromatic rings. The van der Waals surface area contributed by atoms with E-state index in [4.69, 9.17) is 11.6 Å². The molecule has 0 saturated carbocycles. The van der Waals surface area contributed by atoms with Crippen molar-refractivity contribution in [1.29, 1.82) is 5.26 Å². The van der Waals surface area contributed by atoms with Gasteiger partial charge in [-0.1, -0.05) is 17.7 Å². The van der Waals surface area contributed by atoms with Crippen LogP contribution in [0.3, 0.4) is 0 Å². The molecule has 0 aliphatic heterocycles. The number of halogens is 2. The van der Waals surface area contributed by atoms with E-state index in [1.807, 2.05) is 12.1 Å². The molecule has 1 atom stereocenters. The van der Waals surface area contributed by atoms with Crippen molar-refractivity contribution in [1.82, 2.24) is 0 Å². The molecular formula is C16H11ClFNOS. The van der Waals surface area contributed by atoms with Gasteiger partial charge in [-0.05, 0) is 43.0 Å². The van der Waals surface area contributed by atoms with Gasteiger partial charge in [0.1, 0.15) is 11.7 Å². The molecule has 1 heterocycles. The Morgan fingerprint density at radius 2 is 2.24 bits per heavy atom. The quantitative estimate of drug-likeness (QED) is 0.780. The number of carbonyl (C=O) groups is 1.